The van der Waals surface area contributed by atoms with Crippen molar-refractivity contribution >= 4 is 34.7 Å². The van der Waals surface area contributed by atoms with Crippen molar-refractivity contribution in [1.29, 1.82) is 0 Å². The third-order valence-corrected chi connectivity index (χ3v) is 3.39. The van der Waals surface area contributed by atoms with Gasteiger partial charge < -0.3 is 21.1 Å². The van der Waals surface area contributed by atoms with Crippen molar-refractivity contribution in [3.05, 3.63) is 54.1 Å². The first kappa shape index (κ1) is 18.0. The molecule has 0 bridgehead atoms. The van der Waals surface area contributed by atoms with E-state index in [9.17, 15) is 18.7 Å². The Kier molecular flexibility index (Phi) is 6.34. The molecule has 1 atom stereocenters. The molecule has 2 amide bonds. The minimum atomic E-state index is -0.787. The van der Waals surface area contributed by atoms with Crippen LogP contribution in [0.25, 0.3) is 0 Å². The number of rotatable bonds is 6. The highest BCUT2D eigenvalue weighted by Crippen LogP contribution is 2.19. The van der Waals surface area contributed by atoms with E-state index in [1.54, 1.807) is 0 Å². The lowest BCUT2D eigenvalue weighted by Crippen LogP contribution is -2.21. The summed E-state index contributed by atoms with van der Waals surface area (Å²) >= 11 is 5.46. The molecule has 0 aliphatic rings. The van der Waals surface area contributed by atoms with Crippen LogP contribution in [0.2, 0.25) is 0 Å². The summed E-state index contributed by atoms with van der Waals surface area (Å²) in [5.41, 5.74) is 0.835. The number of aliphatic hydroxyl groups is 1. The Bertz CT molecular complexity index is 698. The summed E-state index contributed by atoms with van der Waals surface area (Å²) in [7, 11) is 0. The van der Waals surface area contributed by atoms with Gasteiger partial charge in [-0.1, -0.05) is 0 Å². The Morgan fingerprint density at radius 3 is 2.33 bits per heavy atom. The van der Waals surface area contributed by atoms with Gasteiger partial charge in [0.15, 0.2) is 0 Å². The van der Waals surface area contributed by atoms with E-state index in [1.165, 1.54) is 36.4 Å². The average Bonchev–Trinajstić information content (AvgIpc) is 2.56. The van der Waals surface area contributed by atoms with E-state index >= 15 is 0 Å². The summed E-state index contributed by atoms with van der Waals surface area (Å²) in [4.78, 5) is 11.8. The third-order valence-electron chi connectivity index (χ3n) is 3.04. The lowest BCUT2D eigenvalue weighted by atomic mass is 10.2. The predicted molar refractivity (Wildman–Crippen MR) is 90.7 cm³/mol. The fourth-order valence-corrected chi connectivity index (χ4v) is 1.95. The summed E-state index contributed by atoms with van der Waals surface area (Å²) in [5, 5.41) is 17.0. The van der Waals surface area contributed by atoms with E-state index in [0.29, 0.717) is 5.69 Å². The average molecular weight is 356 g/mol. The first-order valence-electron chi connectivity index (χ1n) is 7.09. The molecule has 0 saturated heterocycles. The van der Waals surface area contributed by atoms with Crippen LogP contribution in [0.5, 0.6) is 0 Å². The number of nitrogens with one attached hydrogen (secondary N) is 3. The molecule has 0 aromatic heterocycles. The number of carbonyl (C=O) groups is 1. The van der Waals surface area contributed by atoms with Crippen molar-refractivity contribution in [2.24, 2.45) is 0 Å². The molecule has 2 aromatic carbocycles. The van der Waals surface area contributed by atoms with Crippen molar-refractivity contribution in [3.63, 3.8) is 0 Å². The molecule has 1 unspecified atom stereocenters. The molecule has 128 valence electrons. The number of urea groups is 1. The molecule has 0 spiro atoms. The Balaban J connectivity index is 1.93. The molecular formula is C16H16ClF2N3O2. The largest absolute Gasteiger partial charge is 0.390 e. The fraction of sp³-hybridized carbons (Fsp3) is 0.188. The van der Waals surface area contributed by atoms with Gasteiger partial charge >= 0.3 is 6.03 Å². The normalized spacial score (nSPS) is 11.7. The Morgan fingerprint density at radius 2 is 1.71 bits per heavy atom. The number of benzene rings is 2. The Morgan fingerprint density at radius 1 is 1.08 bits per heavy atom. The van der Waals surface area contributed by atoms with Crippen LogP contribution in [0.1, 0.15) is 0 Å². The molecule has 8 heteroatoms. The Hall–Kier alpha value is -2.38. The number of amides is 2. The summed E-state index contributed by atoms with van der Waals surface area (Å²) in [6.07, 6.45) is -0.787. The second-order valence-electron chi connectivity index (χ2n) is 4.97. The fourth-order valence-electron chi connectivity index (χ4n) is 1.85. The molecular weight excluding hydrogens is 340 g/mol. The van der Waals surface area contributed by atoms with Crippen molar-refractivity contribution in [3.8, 4) is 0 Å². The van der Waals surface area contributed by atoms with Gasteiger partial charge in [-0.2, -0.15) is 0 Å². The summed E-state index contributed by atoms with van der Waals surface area (Å²) < 4.78 is 26.7. The zero-order valence-corrected chi connectivity index (χ0v) is 13.3. The number of carbonyl (C=O) groups excluding carboxylic acids is 1. The van der Waals surface area contributed by atoms with Crippen LogP contribution in [-0.2, 0) is 0 Å². The topological polar surface area (TPSA) is 73.4 Å². The van der Waals surface area contributed by atoms with Gasteiger partial charge in [-0.15, -0.1) is 11.6 Å². The summed E-state index contributed by atoms with van der Waals surface area (Å²) in [6, 6.07) is 8.73. The van der Waals surface area contributed by atoms with Gasteiger partial charge in [0.1, 0.15) is 11.6 Å². The van der Waals surface area contributed by atoms with Gasteiger partial charge in [-0.3, -0.25) is 0 Å². The van der Waals surface area contributed by atoms with Crippen molar-refractivity contribution in [1.82, 2.24) is 0 Å². The van der Waals surface area contributed by atoms with Crippen LogP contribution in [-0.4, -0.2) is 29.7 Å². The summed E-state index contributed by atoms with van der Waals surface area (Å²) in [6.45, 7) is 0.109. The lowest BCUT2D eigenvalue weighted by Gasteiger charge is -2.12. The molecule has 5 nitrogen and oxygen atoms in total. The molecule has 0 heterocycles. The second-order valence-corrected chi connectivity index (χ2v) is 5.28. The maximum atomic E-state index is 13.9. The maximum absolute atomic E-state index is 13.9. The SMILES string of the molecule is O=C(Nc1ccc(F)cc1)Nc1ccc(NCC(O)CCl)c(F)c1. The van der Waals surface area contributed by atoms with Gasteiger partial charge in [0.2, 0.25) is 0 Å². The second kappa shape index (κ2) is 8.47. The van der Waals surface area contributed by atoms with Gasteiger partial charge in [0.25, 0.3) is 0 Å². The number of halogens is 3. The van der Waals surface area contributed by atoms with E-state index < -0.39 is 23.8 Å². The zero-order chi connectivity index (χ0) is 17.5. The van der Waals surface area contributed by atoms with E-state index in [2.05, 4.69) is 16.0 Å². The van der Waals surface area contributed by atoms with E-state index in [-0.39, 0.29) is 23.8 Å². The molecule has 24 heavy (non-hydrogen) atoms. The molecule has 0 aliphatic heterocycles. The number of hydrogen-bond acceptors (Lipinski definition) is 3. The molecule has 2 aromatic rings. The molecule has 0 fully saturated rings. The smallest absolute Gasteiger partial charge is 0.323 e. The first-order chi connectivity index (χ1) is 11.5. The summed E-state index contributed by atoms with van der Waals surface area (Å²) in [5.74, 6) is -0.959. The van der Waals surface area contributed by atoms with E-state index in [1.807, 2.05) is 0 Å². The van der Waals surface area contributed by atoms with Crippen LogP contribution in [0.15, 0.2) is 42.5 Å². The minimum Gasteiger partial charge on any atom is -0.390 e. The highest BCUT2D eigenvalue weighted by Gasteiger charge is 2.08. The quantitative estimate of drug-likeness (QED) is 0.598. The van der Waals surface area contributed by atoms with Crippen LogP contribution in [0.3, 0.4) is 0 Å². The first-order valence-corrected chi connectivity index (χ1v) is 7.62. The molecule has 0 saturated carbocycles. The highest BCUT2D eigenvalue weighted by molar-refractivity contribution is 6.18. The van der Waals surface area contributed by atoms with Crippen LogP contribution in [0.4, 0.5) is 30.6 Å². The monoisotopic (exact) mass is 355 g/mol. The van der Waals surface area contributed by atoms with Crippen molar-refractivity contribution in [2.45, 2.75) is 6.10 Å². The number of anilines is 3. The maximum Gasteiger partial charge on any atom is 0.323 e. The minimum absolute atomic E-state index is 0.0395. The standard InChI is InChI=1S/C16H16ClF2N3O2/c17-8-13(23)9-20-15-6-5-12(7-14(15)19)22-16(24)21-11-3-1-10(18)2-4-11/h1-7,13,20,23H,8-9H2,(H2,21,22,24). The molecule has 0 radical (unpaired) electrons. The van der Waals surface area contributed by atoms with Crippen LogP contribution in [0, 0.1) is 11.6 Å². The zero-order valence-electron chi connectivity index (χ0n) is 12.5. The molecule has 0 aliphatic carbocycles. The predicted octanol–water partition coefficient (Wildman–Crippen LogP) is 3.62. The van der Waals surface area contributed by atoms with Gasteiger partial charge in [0.05, 0.1) is 17.7 Å². The number of alkyl halides is 1. The van der Waals surface area contributed by atoms with Crippen LogP contribution < -0.4 is 16.0 Å². The highest BCUT2D eigenvalue weighted by atomic mass is 35.5. The third kappa shape index (κ3) is 5.36. The van der Waals surface area contributed by atoms with E-state index in [0.717, 1.165) is 6.07 Å². The van der Waals surface area contributed by atoms with E-state index in [4.69, 9.17) is 11.6 Å². The van der Waals surface area contributed by atoms with Crippen molar-refractivity contribution < 1.29 is 18.7 Å². The van der Waals surface area contributed by atoms with Crippen LogP contribution >= 0.6 is 11.6 Å². The number of aliphatic hydroxyl groups excluding tert-OH is 1. The van der Waals surface area contributed by atoms with Gasteiger partial charge in [-0.25, -0.2) is 13.6 Å². The molecule has 2 rings (SSSR count). The van der Waals surface area contributed by atoms with Gasteiger partial charge in [-0.05, 0) is 42.5 Å². The lowest BCUT2D eigenvalue weighted by molar-refractivity contribution is 0.211. The number of hydrogen-bond donors (Lipinski definition) is 4. The Labute approximate surface area is 142 Å². The molecule has 4 N–H and O–H groups in total. The van der Waals surface area contributed by atoms with Crippen molar-refractivity contribution in [2.75, 3.05) is 28.4 Å². The van der Waals surface area contributed by atoms with Gasteiger partial charge in [0, 0.05) is 17.9 Å².